The average molecular weight is 401 g/mol. The summed E-state index contributed by atoms with van der Waals surface area (Å²) in [6, 6.07) is 13.9. The third-order valence-electron chi connectivity index (χ3n) is 4.98. The molecule has 1 aliphatic rings. The van der Waals surface area contributed by atoms with Crippen molar-refractivity contribution in [3.05, 3.63) is 59.1 Å². The number of nitrogens with one attached hydrogen (secondary N) is 1. The summed E-state index contributed by atoms with van der Waals surface area (Å²) in [5.74, 6) is 0.834. The molecular weight excluding hydrogens is 376 g/mol. The van der Waals surface area contributed by atoms with Gasteiger partial charge in [-0.1, -0.05) is 30.7 Å². The number of amides is 2. The molecule has 0 bridgehead atoms. The van der Waals surface area contributed by atoms with Crippen LogP contribution in [0, 0.1) is 5.92 Å². The van der Waals surface area contributed by atoms with Gasteiger partial charge in [0, 0.05) is 18.1 Å². The van der Waals surface area contributed by atoms with Crippen molar-refractivity contribution in [1.29, 1.82) is 0 Å². The molecule has 2 aromatic rings. The number of carbonyl (C=O) groups is 2. The number of piperidine rings is 1. The first-order valence-corrected chi connectivity index (χ1v) is 9.93. The Bertz CT molecular complexity index is 830. The maximum absolute atomic E-state index is 12.9. The predicted octanol–water partition coefficient (Wildman–Crippen LogP) is 4.62. The number of nitrogens with zero attached hydrogens (tertiary/aromatic N) is 1. The molecule has 0 radical (unpaired) electrons. The van der Waals surface area contributed by atoms with Gasteiger partial charge in [-0.25, -0.2) is 0 Å². The zero-order valence-electron chi connectivity index (χ0n) is 16.2. The summed E-state index contributed by atoms with van der Waals surface area (Å²) >= 11 is 5.87. The maximum Gasteiger partial charge on any atom is 0.265 e. The molecule has 1 heterocycles. The topological polar surface area (TPSA) is 58.6 Å². The van der Waals surface area contributed by atoms with Crippen LogP contribution in [-0.2, 0) is 4.79 Å². The van der Waals surface area contributed by atoms with E-state index >= 15 is 0 Å². The van der Waals surface area contributed by atoms with Crippen molar-refractivity contribution in [1.82, 2.24) is 4.90 Å². The fraction of sp³-hybridized carbons (Fsp3) is 0.364. The summed E-state index contributed by atoms with van der Waals surface area (Å²) < 4.78 is 5.67. The van der Waals surface area contributed by atoms with Crippen molar-refractivity contribution in [2.45, 2.75) is 32.8 Å². The van der Waals surface area contributed by atoms with Crippen LogP contribution in [0.5, 0.6) is 5.75 Å². The Morgan fingerprint density at radius 2 is 1.75 bits per heavy atom. The van der Waals surface area contributed by atoms with Crippen LogP contribution < -0.4 is 10.1 Å². The van der Waals surface area contributed by atoms with Crippen molar-refractivity contribution < 1.29 is 14.3 Å². The number of benzene rings is 2. The van der Waals surface area contributed by atoms with Gasteiger partial charge >= 0.3 is 0 Å². The molecule has 0 saturated carbocycles. The van der Waals surface area contributed by atoms with Crippen LogP contribution in [0.2, 0.25) is 5.02 Å². The van der Waals surface area contributed by atoms with Crippen molar-refractivity contribution in [2.75, 3.05) is 18.4 Å². The highest BCUT2D eigenvalue weighted by atomic mass is 35.5. The van der Waals surface area contributed by atoms with Crippen molar-refractivity contribution in [3.8, 4) is 5.75 Å². The Labute approximate surface area is 170 Å². The quantitative estimate of drug-likeness (QED) is 0.796. The van der Waals surface area contributed by atoms with Gasteiger partial charge in [0.05, 0.1) is 11.3 Å². The molecule has 2 aromatic carbocycles. The Hall–Kier alpha value is -2.53. The summed E-state index contributed by atoms with van der Waals surface area (Å²) in [4.78, 5) is 27.4. The lowest BCUT2D eigenvalue weighted by Gasteiger charge is -2.31. The van der Waals surface area contributed by atoms with Crippen LogP contribution in [0.15, 0.2) is 48.5 Å². The third-order valence-corrected chi connectivity index (χ3v) is 5.23. The standard InChI is InChI=1S/C22H25ClN2O3/c1-15-11-13-25(14-12-15)22(27)19-5-3-4-6-20(19)24-21(26)16(2)28-18-9-7-17(23)8-10-18/h3-10,15-16H,11-14H2,1-2H3,(H,24,26). The Morgan fingerprint density at radius 1 is 1.11 bits per heavy atom. The van der Waals surface area contributed by atoms with Crippen LogP contribution in [0.25, 0.3) is 0 Å². The lowest BCUT2D eigenvalue weighted by Crippen LogP contribution is -2.38. The number of para-hydroxylation sites is 1. The lowest BCUT2D eigenvalue weighted by atomic mass is 9.98. The van der Waals surface area contributed by atoms with Crippen LogP contribution >= 0.6 is 11.6 Å². The van der Waals surface area contributed by atoms with Gasteiger partial charge in [0.1, 0.15) is 5.75 Å². The zero-order valence-corrected chi connectivity index (χ0v) is 16.9. The van der Waals surface area contributed by atoms with E-state index in [1.54, 1.807) is 49.4 Å². The van der Waals surface area contributed by atoms with Gasteiger partial charge in [-0.3, -0.25) is 9.59 Å². The largest absolute Gasteiger partial charge is 0.481 e. The van der Waals surface area contributed by atoms with Crippen molar-refractivity contribution in [2.24, 2.45) is 5.92 Å². The van der Waals surface area contributed by atoms with E-state index in [4.69, 9.17) is 16.3 Å². The second-order valence-corrected chi connectivity index (χ2v) is 7.66. The smallest absolute Gasteiger partial charge is 0.265 e. The van der Waals surface area contributed by atoms with E-state index in [2.05, 4.69) is 12.2 Å². The van der Waals surface area contributed by atoms with Gasteiger partial charge in [-0.15, -0.1) is 0 Å². The monoisotopic (exact) mass is 400 g/mol. The number of ether oxygens (including phenoxy) is 1. The van der Waals surface area contributed by atoms with E-state index in [1.165, 1.54) is 0 Å². The van der Waals surface area contributed by atoms with E-state index in [-0.39, 0.29) is 11.8 Å². The maximum atomic E-state index is 12.9. The second kappa shape index (κ2) is 9.11. The number of hydrogen-bond donors (Lipinski definition) is 1. The van der Waals surface area contributed by atoms with E-state index in [9.17, 15) is 9.59 Å². The summed E-state index contributed by atoms with van der Waals surface area (Å²) in [7, 11) is 0. The van der Waals surface area contributed by atoms with E-state index in [1.807, 2.05) is 11.0 Å². The number of anilines is 1. The molecule has 6 heteroatoms. The minimum Gasteiger partial charge on any atom is -0.481 e. The molecule has 28 heavy (non-hydrogen) atoms. The normalized spacial score (nSPS) is 15.8. The van der Waals surface area contributed by atoms with Crippen molar-refractivity contribution in [3.63, 3.8) is 0 Å². The van der Waals surface area contributed by atoms with E-state index in [0.717, 1.165) is 25.9 Å². The Kier molecular flexibility index (Phi) is 6.57. The number of likely N-dealkylation sites (tertiary alicyclic amines) is 1. The number of carbonyl (C=O) groups excluding carboxylic acids is 2. The summed E-state index contributed by atoms with van der Waals surface area (Å²) in [5.41, 5.74) is 1.01. The molecule has 5 nitrogen and oxygen atoms in total. The van der Waals surface area contributed by atoms with Crippen LogP contribution in [0.3, 0.4) is 0 Å². The molecule has 1 atom stereocenters. The Balaban J connectivity index is 1.67. The van der Waals surface area contributed by atoms with Crippen LogP contribution in [0.1, 0.15) is 37.0 Å². The number of rotatable bonds is 5. The zero-order chi connectivity index (χ0) is 20.1. The lowest BCUT2D eigenvalue weighted by molar-refractivity contribution is -0.122. The van der Waals surface area contributed by atoms with Gasteiger partial charge in [0.2, 0.25) is 0 Å². The molecule has 1 aliphatic heterocycles. The van der Waals surface area contributed by atoms with E-state index in [0.29, 0.717) is 27.9 Å². The van der Waals surface area contributed by atoms with Gasteiger partial charge < -0.3 is 15.0 Å². The van der Waals surface area contributed by atoms with Gasteiger partial charge in [0.25, 0.3) is 11.8 Å². The minimum absolute atomic E-state index is 0.0472. The fourth-order valence-corrected chi connectivity index (χ4v) is 3.29. The SMILES string of the molecule is CC1CCN(C(=O)c2ccccc2NC(=O)C(C)Oc2ccc(Cl)cc2)CC1. The first-order valence-electron chi connectivity index (χ1n) is 9.55. The molecule has 3 rings (SSSR count). The molecule has 2 amide bonds. The molecule has 1 N–H and O–H groups in total. The highest BCUT2D eigenvalue weighted by Crippen LogP contribution is 2.23. The highest BCUT2D eigenvalue weighted by Gasteiger charge is 2.24. The molecule has 0 aromatic heterocycles. The molecule has 1 saturated heterocycles. The molecular formula is C22H25ClN2O3. The average Bonchev–Trinajstić information content (AvgIpc) is 2.70. The van der Waals surface area contributed by atoms with Crippen LogP contribution in [0.4, 0.5) is 5.69 Å². The molecule has 148 valence electrons. The van der Waals surface area contributed by atoms with Gasteiger partial charge in [-0.2, -0.15) is 0 Å². The van der Waals surface area contributed by atoms with E-state index < -0.39 is 6.10 Å². The van der Waals surface area contributed by atoms with Crippen LogP contribution in [-0.4, -0.2) is 35.9 Å². The molecule has 1 fully saturated rings. The fourth-order valence-electron chi connectivity index (χ4n) is 3.17. The number of halogens is 1. The number of hydrogen-bond acceptors (Lipinski definition) is 3. The van der Waals surface area contributed by atoms with Crippen molar-refractivity contribution >= 4 is 29.1 Å². The second-order valence-electron chi connectivity index (χ2n) is 7.22. The molecule has 0 aliphatic carbocycles. The van der Waals surface area contributed by atoms with Gasteiger partial charge in [-0.05, 0) is 62.1 Å². The van der Waals surface area contributed by atoms with Gasteiger partial charge in [0.15, 0.2) is 6.10 Å². The highest BCUT2D eigenvalue weighted by molar-refractivity contribution is 6.30. The third kappa shape index (κ3) is 5.04. The first kappa shape index (κ1) is 20.2. The molecule has 0 spiro atoms. The summed E-state index contributed by atoms with van der Waals surface area (Å²) in [6.45, 7) is 5.37. The molecule has 1 unspecified atom stereocenters. The first-order chi connectivity index (χ1) is 13.4. The predicted molar refractivity (Wildman–Crippen MR) is 111 cm³/mol. The summed E-state index contributed by atoms with van der Waals surface area (Å²) in [6.07, 6.45) is 1.29. The summed E-state index contributed by atoms with van der Waals surface area (Å²) in [5, 5.41) is 3.43. The Morgan fingerprint density at radius 3 is 2.43 bits per heavy atom. The minimum atomic E-state index is -0.722.